The van der Waals surface area contributed by atoms with Crippen LogP contribution in [0.5, 0.6) is 11.5 Å². The van der Waals surface area contributed by atoms with Crippen molar-refractivity contribution in [1.82, 2.24) is 5.32 Å². The van der Waals surface area contributed by atoms with E-state index >= 15 is 0 Å². The lowest BCUT2D eigenvalue weighted by Crippen LogP contribution is -2.21. The number of aliphatic imine (C=N–C) groups is 1. The third kappa shape index (κ3) is 7.02. The van der Waals surface area contributed by atoms with Gasteiger partial charge in [0.25, 0.3) is 5.91 Å². The van der Waals surface area contributed by atoms with Crippen molar-refractivity contribution in [2.75, 3.05) is 12.3 Å². The zero-order chi connectivity index (χ0) is 30.3. The van der Waals surface area contributed by atoms with E-state index in [9.17, 15) is 14.7 Å². The molecule has 218 valence electrons. The molecule has 1 fully saturated rings. The second-order valence-electron chi connectivity index (χ2n) is 10.1. The van der Waals surface area contributed by atoms with Gasteiger partial charge in [-0.25, -0.2) is 0 Å². The van der Waals surface area contributed by atoms with E-state index in [2.05, 4.69) is 10.3 Å². The van der Waals surface area contributed by atoms with Gasteiger partial charge in [-0.3, -0.25) is 14.6 Å². The molecule has 2 atom stereocenters. The molecular weight excluding hydrogens is 544 g/mol. The van der Waals surface area contributed by atoms with Gasteiger partial charge in [-0.15, -0.1) is 0 Å². The molecule has 9 heteroatoms. The molecule has 6 N–H and O–H groups in total. The number of aliphatic carboxylic acids is 1. The highest BCUT2D eigenvalue weighted by Crippen LogP contribution is 2.34. The van der Waals surface area contributed by atoms with E-state index in [1.165, 1.54) is 0 Å². The average molecular weight is 577 g/mol. The zero-order valence-electron chi connectivity index (χ0n) is 23.6. The SMILES string of the molecule is C[C@H](Oc1cccc(C(N)=C2C(=NCC(=O)O)C(=O)NC2c2ccc(OCc3ccc(N)cc3)cc2)c1)c1ccccc1. The van der Waals surface area contributed by atoms with Crippen molar-refractivity contribution >= 4 is 29.0 Å². The van der Waals surface area contributed by atoms with Gasteiger partial charge in [0.05, 0.1) is 6.04 Å². The number of anilines is 1. The fourth-order valence-electron chi connectivity index (χ4n) is 4.79. The van der Waals surface area contributed by atoms with Gasteiger partial charge < -0.3 is 31.4 Å². The molecule has 0 aromatic heterocycles. The molecule has 4 aromatic rings. The van der Waals surface area contributed by atoms with Crippen molar-refractivity contribution in [3.05, 3.63) is 131 Å². The number of carboxylic acid groups (broad SMARTS) is 1. The minimum atomic E-state index is -1.16. The van der Waals surface area contributed by atoms with Gasteiger partial charge >= 0.3 is 5.97 Å². The molecule has 0 radical (unpaired) electrons. The first-order valence-electron chi connectivity index (χ1n) is 13.7. The molecule has 0 aliphatic carbocycles. The number of carboxylic acids is 1. The highest BCUT2D eigenvalue weighted by atomic mass is 16.5. The van der Waals surface area contributed by atoms with Crippen LogP contribution in [-0.4, -0.2) is 29.2 Å². The fraction of sp³-hybridized carbons (Fsp3) is 0.147. The Morgan fingerprint density at radius 1 is 0.953 bits per heavy atom. The number of nitrogens with two attached hydrogens (primary N) is 2. The predicted octanol–water partition coefficient (Wildman–Crippen LogP) is 5.05. The normalized spacial score (nSPS) is 17.3. The third-order valence-electron chi connectivity index (χ3n) is 7.02. The fourth-order valence-corrected chi connectivity index (χ4v) is 4.79. The van der Waals surface area contributed by atoms with Gasteiger partial charge in [0.2, 0.25) is 0 Å². The molecule has 1 unspecified atom stereocenters. The lowest BCUT2D eigenvalue weighted by atomic mass is 9.94. The monoisotopic (exact) mass is 576 g/mol. The van der Waals surface area contributed by atoms with Crippen molar-refractivity contribution < 1.29 is 24.2 Å². The Bertz CT molecular complexity index is 1670. The van der Waals surface area contributed by atoms with Gasteiger partial charge in [0, 0.05) is 22.5 Å². The van der Waals surface area contributed by atoms with Crippen LogP contribution in [0.1, 0.15) is 41.3 Å². The molecule has 43 heavy (non-hydrogen) atoms. The lowest BCUT2D eigenvalue weighted by Gasteiger charge is -2.18. The number of amides is 1. The number of hydrogen-bond donors (Lipinski definition) is 4. The van der Waals surface area contributed by atoms with Crippen LogP contribution in [0.3, 0.4) is 0 Å². The van der Waals surface area contributed by atoms with Gasteiger partial charge in [-0.2, -0.15) is 0 Å². The number of hydrogen-bond acceptors (Lipinski definition) is 7. The molecule has 1 amide bonds. The van der Waals surface area contributed by atoms with E-state index in [-0.39, 0.29) is 17.5 Å². The number of carbonyl (C=O) groups excluding carboxylic acids is 1. The molecule has 1 aliphatic heterocycles. The summed E-state index contributed by atoms with van der Waals surface area (Å²) in [7, 11) is 0. The van der Waals surface area contributed by atoms with Crippen LogP contribution < -0.4 is 26.3 Å². The van der Waals surface area contributed by atoms with E-state index in [0.717, 1.165) is 16.7 Å². The summed E-state index contributed by atoms with van der Waals surface area (Å²) >= 11 is 0. The number of nitrogens with one attached hydrogen (secondary N) is 1. The van der Waals surface area contributed by atoms with Crippen LogP contribution in [0.4, 0.5) is 5.69 Å². The summed E-state index contributed by atoms with van der Waals surface area (Å²) in [5.74, 6) is -0.425. The van der Waals surface area contributed by atoms with E-state index < -0.39 is 24.5 Å². The second-order valence-corrected chi connectivity index (χ2v) is 10.1. The van der Waals surface area contributed by atoms with Crippen LogP contribution in [0, 0.1) is 0 Å². The van der Waals surface area contributed by atoms with Crippen molar-refractivity contribution in [1.29, 1.82) is 0 Å². The van der Waals surface area contributed by atoms with Crippen molar-refractivity contribution in [2.24, 2.45) is 10.7 Å². The summed E-state index contributed by atoms with van der Waals surface area (Å²) in [6, 6.07) is 31.1. The van der Waals surface area contributed by atoms with E-state index in [4.69, 9.17) is 20.9 Å². The highest BCUT2D eigenvalue weighted by molar-refractivity contribution is 6.49. The maximum Gasteiger partial charge on any atom is 0.325 e. The number of nitrogens with zero attached hydrogens (tertiary/aromatic N) is 1. The van der Waals surface area contributed by atoms with Crippen LogP contribution in [-0.2, 0) is 16.2 Å². The maximum absolute atomic E-state index is 13.1. The quantitative estimate of drug-likeness (QED) is 0.193. The van der Waals surface area contributed by atoms with Gasteiger partial charge in [-0.05, 0) is 60.0 Å². The summed E-state index contributed by atoms with van der Waals surface area (Å²) in [6.45, 7) is 1.76. The van der Waals surface area contributed by atoms with E-state index in [1.807, 2.05) is 91.9 Å². The Labute approximate surface area is 249 Å². The van der Waals surface area contributed by atoms with Crippen molar-refractivity contribution in [3.63, 3.8) is 0 Å². The summed E-state index contributed by atoms with van der Waals surface area (Å²) in [6.07, 6.45) is -0.207. The predicted molar refractivity (Wildman–Crippen MR) is 165 cm³/mol. The number of nitrogen functional groups attached to an aromatic ring is 1. The van der Waals surface area contributed by atoms with E-state index in [1.54, 1.807) is 18.2 Å². The minimum absolute atomic E-state index is 0.0162. The molecule has 0 bridgehead atoms. The lowest BCUT2D eigenvalue weighted by molar-refractivity contribution is -0.135. The van der Waals surface area contributed by atoms with E-state index in [0.29, 0.717) is 34.9 Å². The topological polar surface area (TPSA) is 149 Å². The first-order chi connectivity index (χ1) is 20.8. The van der Waals surface area contributed by atoms with Crippen molar-refractivity contribution in [3.8, 4) is 11.5 Å². The summed E-state index contributed by atoms with van der Waals surface area (Å²) in [4.78, 5) is 28.5. The van der Waals surface area contributed by atoms with Gasteiger partial charge in [0.1, 0.15) is 36.5 Å². The standard InChI is InChI=1S/C34H32N4O5/c1-21(23-6-3-2-4-7-23)43-28-9-5-8-25(18-28)31(36)30-32(38-34(41)33(30)37-19-29(39)40)24-12-16-27(17-13-24)42-20-22-10-14-26(35)15-11-22/h2-18,21,32H,19-20,35-36H2,1H3,(H,38,41)(H,39,40)/t21-,32?/m0/s1. The van der Waals surface area contributed by atoms with Crippen LogP contribution >= 0.6 is 0 Å². The number of carbonyl (C=O) groups is 2. The minimum Gasteiger partial charge on any atom is -0.489 e. The second kappa shape index (κ2) is 12.9. The van der Waals surface area contributed by atoms with Crippen LogP contribution in [0.15, 0.2) is 114 Å². The molecule has 9 nitrogen and oxygen atoms in total. The first-order valence-corrected chi connectivity index (χ1v) is 13.7. The number of rotatable bonds is 10. The Kier molecular flexibility index (Phi) is 8.71. The summed E-state index contributed by atoms with van der Waals surface area (Å²) in [5, 5.41) is 12.2. The zero-order valence-corrected chi connectivity index (χ0v) is 23.6. The summed E-state index contributed by atoms with van der Waals surface area (Å²) < 4.78 is 12.1. The molecule has 5 rings (SSSR count). The number of benzene rings is 4. The summed E-state index contributed by atoms with van der Waals surface area (Å²) in [5.41, 5.74) is 17.2. The van der Waals surface area contributed by atoms with Crippen LogP contribution in [0.2, 0.25) is 0 Å². The molecule has 4 aromatic carbocycles. The van der Waals surface area contributed by atoms with Crippen molar-refractivity contribution in [2.45, 2.75) is 25.7 Å². The largest absolute Gasteiger partial charge is 0.489 e. The Morgan fingerprint density at radius 2 is 1.67 bits per heavy atom. The molecular formula is C34H32N4O5. The highest BCUT2D eigenvalue weighted by Gasteiger charge is 2.37. The maximum atomic E-state index is 13.1. The molecule has 1 aliphatic rings. The van der Waals surface area contributed by atoms with Crippen LogP contribution in [0.25, 0.3) is 5.70 Å². The Hall–Kier alpha value is -5.57. The first kappa shape index (κ1) is 28.9. The third-order valence-corrected chi connectivity index (χ3v) is 7.02. The molecule has 0 spiro atoms. The average Bonchev–Trinajstić information content (AvgIpc) is 3.35. The molecule has 1 saturated heterocycles. The molecule has 1 heterocycles. The van der Waals surface area contributed by atoms with Gasteiger partial charge in [-0.1, -0.05) is 66.7 Å². The smallest absolute Gasteiger partial charge is 0.325 e. The van der Waals surface area contributed by atoms with Gasteiger partial charge in [0.15, 0.2) is 0 Å². The Balaban J connectivity index is 1.43. The molecule has 0 saturated carbocycles. The Morgan fingerprint density at radius 3 is 2.37 bits per heavy atom. The number of ether oxygens (including phenoxy) is 2.